The monoisotopic (exact) mass is 343 g/mol. The number of thioether (sulfide) groups is 1. The van der Waals surface area contributed by atoms with Gasteiger partial charge < -0.3 is 9.64 Å². The maximum atomic E-state index is 12.0. The van der Waals surface area contributed by atoms with E-state index < -0.39 is 5.60 Å². The minimum Gasteiger partial charge on any atom is -0.444 e. The molecule has 5 nitrogen and oxygen atoms in total. The van der Waals surface area contributed by atoms with Gasteiger partial charge in [-0.15, -0.1) is 0 Å². The molecule has 0 unspecified atom stereocenters. The van der Waals surface area contributed by atoms with Crippen LogP contribution in [0.4, 0.5) is 4.79 Å². The zero-order valence-corrected chi connectivity index (χ0v) is 15.0. The SMILES string of the molecule is Cc1cc(Cl)nc(SC[C@H]2CCN(C(=O)OC(C)(C)C)C2)n1. The first-order valence-electron chi connectivity index (χ1n) is 7.35. The number of carbonyl (C=O) groups excluding carboxylic acids is 1. The molecule has 0 saturated carbocycles. The molecule has 0 aliphatic carbocycles. The zero-order valence-electron chi connectivity index (χ0n) is 13.4. The fourth-order valence-corrected chi connectivity index (χ4v) is 3.54. The average molecular weight is 344 g/mol. The lowest BCUT2D eigenvalue weighted by Crippen LogP contribution is -2.35. The number of hydrogen-bond donors (Lipinski definition) is 0. The lowest BCUT2D eigenvalue weighted by atomic mass is 10.2. The average Bonchev–Trinajstić information content (AvgIpc) is 2.82. The number of aryl methyl sites for hydroxylation is 1. The van der Waals surface area contributed by atoms with Gasteiger partial charge in [-0.05, 0) is 46.1 Å². The summed E-state index contributed by atoms with van der Waals surface area (Å²) in [5, 5.41) is 1.16. The van der Waals surface area contributed by atoms with Crippen LogP contribution in [0.15, 0.2) is 11.2 Å². The van der Waals surface area contributed by atoms with E-state index >= 15 is 0 Å². The highest BCUT2D eigenvalue weighted by Crippen LogP contribution is 2.26. The molecule has 0 aromatic carbocycles. The Morgan fingerprint density at radius 3 is 2.86 bits per heavy atom. The van der Waals surface area contributed by atoms with E-state index in [2.05, 4.69) is 9.97 Å². The summed E-state index contributed by atoms with van der Waals surface area (Å²) in [5.74, 6) is 1.31. The van der Waals surface area contributed by atoms with Gasteiger partial charge in [0.05, 0.1) is 0 Å². The van der Waals surface area contributed by atoms with Gasteiger partial charge in [0.1, 0.15) is 10.8 Å². The lowest BCUT2D eigenvalue weighted by Gasteiger charge is -2.24. The predicted octanol–water partition coefficient (Wildman–Crippen LogP) is 3.79. The molecule has 0 radical (unpaired) electrons. The maximum absolute atomic E-state index is 12.0. The molecule has 1 atom stereocenters. The number of hydrogen-bond acceptors (Lipinski definition) is 5. The molecule has 1 aromatic heterocycles. The predicted molar refractivity (Wildman–Crippen MR) is 88.4 cm³/mol. The number of likely N-dealkylation sites (tertiary alicyclic amines) is 1. The summed E-state index contributed by atoms with van der Waals surface area (Å²) in [6, 6.07) is 1.74. The number of carbonyl (C=O) groups is 1. The molecule has 0 N–H and O–H groups in total. The van der Waals surface area contributed by atoms with E-state index in [0.717, 1.165) is 31.0 Å². The highest BCUT2D eigenvalue weighted by molar-refractivity contribution is 7.99. The van der Waals surface area contributed by atoms with Gasteiger partial charge in [0, 0.05) is 24.5 Å². The lowest BCUT2D eigenvalue weighted by molar-refractivity contribution is 0.0289. The summed E-state index contributed by atoms with van der Waals surface area (Å²) in [7, 11) is 0. The van der Waals surface area contributed by atoms with Crippen LogP contribution in [0.1, 0.15) is 32.9 Å². The van der Waals surface area contributed by atoms with E-state index in [1.54, 1.807) is 22.7 Å². The Hall–Kier alpha value is -1.01. The largest absolute Gasteiger partial charge is 0.444 e. The maximum Gasteiger partial charge on any atom is 0.410 e. The topological polar surface area (TPSA) is 55.3 Å². The van der Waals surface area contributed by atoms with Crippen LogP contribution in [0.2, 0.25) is 5.15 Å². The summed E-state index contributed by atoms with van der Waals surface area (Å²) >= 11 is 7.53. The molecule has 0 bridgehead atoms. The molecule has 22 heavy (non-hydrogen) atoms. The third-order valence-electron chi connectivity index (χ3n) is 3.19. The Labute approximate surface area is 140 Å². The highest BCUT2D eigenvalue weighted by atomic mass is 35.5. The van der Waals surface area contributed by atoms with Crippen LogP contribution in [0.25, 0.3) is 0 Å². The Kier molecular flexibility index (Phi) is 5.55. The van der Waals surface area contributed by atoms with Gasteiger partial charge in [-0.3, -0.25) is 0 Å². The molecule has 2 rings (SSSR count). The Bertz CT molecular complexity index is 528. The fraction of sp³-hybridized carbons (Fsp3) is 0.667. The van der Waals surface area contributed by atoms with Crippen molar-refractivity contribution in [1.29, 1.82) is 0 Å². The summed E-state index contributed by atoms with van der Waals surface area (Å²) in [4.78, 5) is 22.4. The quantitative estimate of drug-likeness (QED) is 0.475. The molecule has 0 spiro atoms. The number of amides is 1. The first-order chi connectivity index (χ1) is 10.2. The molecule has 7 heteroatoms. The minimum atomic E-state index is -0.448. The molecule has 1 fully saturated rings. The summed E-state index contributed by atoms with van der Waals surface area (Å²) in [5.41, 5.74) is 0.417. The van der Waals surface area contributed by atoms with Crippen LogP contribution >= 0.6 is 23.4 Å². The Balaban J connectivity index is 1.82. The van der Waals surface area contributed by atoms with Crippen LogP contribution in [0.3, 0.4) is 0 Å². The zero-order chi connectivity index (χ0) is 16.3. The minimum absolute atomic E-state index is 0.227. The second kappa shape index (κ2) is 7.04. The second-order valence-corrected chi connectivity index (χ2v) is 7.88. The smallest absolute Gasteiger partial charge is 0.410 e. The molecule has 1 aliphatic heterocycles. The van der Waals surface area contributed by atoms with E-state index in [9.17, 15) is 4.79 Å². The summed E-state index contributed by atoms with van der Waals surface area (Å²) < 4.78 is 5.40. The molecule has 122 valence electrons. The number of halogens is 1. The summed E-state index contributed by atoms with van der Waals surface area (Å²) in [6.45, 7) is 9.02. The first-order valence-corrected chi connectivity index (χ1v) is 8.71. The van der Waals surface area contributed by atoms with Gasteiger partial charge in [0.2, 0.25) is 0 Å². The van der Waals surface area contributed by atoms with E-state index in [-0.39, 0.29) is 6.09 Å². The molecular weight excluding hydrogens is 322 g/mol. The van der Waals surface area contributed by atoms with E-state index in [1.807, 2.05) is 27.7 Å². The van der Waals surface area contributed by atoms with Crippen LogP contribution in [0.5, 0.6) is 0 Å². The molecule has 1 saturated heterocycles. The second-order valence-electron chi connectivity index (χ2n) is 6.51. The molecular formula is C15H22ClN3O2S. The third kappa shape index (κ3) is 5.32. The van der Waals surface area contributed by atoms with Gasteiger partial charge in [-0.1, -0.05) is 23.4 Å². The van der Waals surface area contributed by atoms with Gasteiger partial charge in [0.25, 0.3) is 0 Å². The number of rotatable bonds is 3. The van der Waals surface area contributed by atoms with Crippen LogP contribution in [-0.4, -0.2) is 45.4 Å². The van der Waals surface area contributed by atoms with Crippen molar-refractivity contribution in [2.24, 2.45) is 5.92 Å². The van der Waals surface area contributed by atoms with Gasteiger partial charge in [-0.25, -0.2) is 14.8 Å². The molecule has 1 aliphatic rings. The van der Waals surface area contributed by atoms with Crippen molar-refractivity contribution >= 4 is 29.5 Å². The summed E-state index contributed by atoms with van der Waals surface area (Å²) in [6.07, 6.45) is 0.751. The van der Waals surface area contributed by atoms with Crippen molar-refractivity contribution in [2.75, 3.05) is 18.8 Å². The third-order valence-corrected chi connectivity index (χ3v) is 4.46. The fourth-order valence-electron chi connectivity index (χ4n) is 2.22. The van der Waals surface area contributed by atoms with Crippen molar-refractivity contribution in [3.05, 3.63) is 16.9 Å². The van der Waals surface area contributed by atoms with E-state index in [4.69, 9.17) is 16.3 Å². The van der Waals surface area contributed by atoms with Crippen LogP contribution < -0.4 is 0 Å². The first kappa shape index (κ1) is 17.3. The van der Waals surface area contributed by atoms with Crippen molar-refractivity contribution in [2.45, 2.75) is 44.9 Å². The van der Waals surface area contributed by atoms with Crippen molar-refractivity contribution in [1.82, 2.24) is 14.9 Å². The Morgan fingerprint density at radius 2 is 2.23 bits per heavy atom. The highest BCUT2D eigenvalue weighted by Gasteiger charge is 2.29. The van der Waals surface area contributed by atoms with Gasteiger partial charge in [0.15, 0.2) is 5.16 Å². The normalized spacial score (nSPS) is 18.6. The van der Waals surface area contributed by atoms with E-state index in [1.165, 1.54) is 0 Å². The molecule has 2 heterocycles. The van der Waals surface area contributed by atoms with E-state index in [0.29, 0.717) is 16.2 Å². The molecule has 1 aromatic rings. The van der Waals surface area contributed by atoms with Crippen LogP contribution in [-0.2, 0) is 4.74 Å². The van der Waals surface area contributed by atoms with Crippen molar-refractivity contribution in [3.8, 4) is 0 Å². The van der Waals surface area contributed by atoms with Gasteiger partial charge in [-0.2, -0.15) is 0 Å². The number of nitrogens with zero attached hydrogens (tertiary/aromatic N) is 3. The number of aromatic nitrogens is 2. The van der Waals surface area contributed by atoms with Crippen LogP contribution in [0, 0.1) is 12.8 Å². The van der Waals surface area contributed by atoms with Gasteiger partial charge >= 0.3 is 6.09 Å². The molecule has 1 amide bonds. The Morgan fingerprint density at radius 1 is 1.50 bits per heavy atom. The number of ether oxygens (including phenoxy) is 1. The van der Waals surface area contributed by atoms with Crippen molar-refractivity contribution in [3.63, 3.8) is 0 Å². The van der Waals surface area contributed by atoms with Crippen molar-refractivity contribution < 1.29 is 9.53 Å². The standard InChI is InChI=1S/C15H22ClN3O2S/c1-10-7-12(16)18-13(17-10)22-9-11-5-6-19(8-11)14(20)21-15(2,3)4/h7,11H,5-6,8-9H2,1-4H3/t11-/m0/s1.